The molecule has 2 aromatic rings. The van der Waals surface area contributed by atoms with Gasteiger partial charge in [-0.05, 0) is 66.5 Å². The number of benzene rings is 2. The first-order valence-corrected chi connectivity index (χ1v) is 13.3. The number of aliphatic carboxylic acids is 1. The highest BCUT2D eigenvalue weighted by molar-refractivity contribution is 7.99. The number of unbranched alkanes of at least 4 members (excludes halogenated alkanes) is 1. The van der Waals surface area contributed by atoms with Gasteiger partial charge >= 0.3 is 5.97 Å². The summed E-state index contributed by atoms with van der Waals surface area (Å²) in [5, 5.41) is 8.92. The van der Waals surface area contributed by atoms with Crippen LogP contribution in [-0.4, -0.2) is 36.2 Å². The van der Waals surface area contributed by atoms with Gasteiger partial charge in [0.25, 0.3) is 0 Å². The molecule has 32 heavy (non-hydrogen) atoms. The predicted octanol–water partition coefficient (Wildman–Crippen LogP) is 6.98. The van der Waals surface area contributed by atoms with Crippen molar-refractivity contribution in [3.05, 3.63) is 47.8 Å². The van der Waals surface area contributed by atoms with E-state index in [0.29, 0.717) is 0 Å². The van der Waals surface area contributed by atoms with E-state index in [1.807, 2.05) is 30.2 Å². The van der Waals surface area contributed by atoms with Gasteiger partial charge in [0.1, 0.15) is 12.4 Å². The van der Waals surface area contributed by atoms with Gasteiger partial charge in [-0.3, -0.25) is 0 Å². The summed E-state index contributed by atoms with van der Waals surface area (Å²) >= 11 is 3.50. The van der Waals surface area contributed by atoms with Crippen molar-refractivity contribution >= 4 is 40.9 Å². The second-order valence-corrected chi connectivity index (χ2v) is 10.2. The third-order valence-corrected chi connectivity index (χ3v) is 8.33. The minimum absolute atomic E-state index is 0.160. The highest BCUT2D eigenvalue weighted by Crippen LogP contribution is 2.48. The molecule has 0 spiro atoms. The number of ether oxygens (including phenoxy) is 1. The van der Waals surface area contributed by atoms with Crippen LogP contribution < -0.4 is 4.90 Å². The van der Waals surface area contributed by atoms with Gasteiger partial charge in [0.05, 0.1) is 12.3 Å². The van der Waals surface area contributed by atoms with E-state index in [-0.39, 0.29) is 24.4 Å². The summed E-state index contributed by atoms with van der Waals surface area (Å²) in [6.45, 7) is 5.34. The number of anilines is 2. The molecule has 0 aromatic heterocycles. The normalized spacial score (nSPS) is 18.3. The summed E-state index contributed by atoms with van der Waals surface area (Å²) in [5.41, 5.74) is 3.28. The maximum absolute atomic E-state index is 13.7. The Morgan fingerprint density at radius 1 is 1.28 bits per heavy atom. The fourth-order valence-electron chi connectivity index (χ4n) is 4.11. The van der Waals surface area contributed by atoms with Crippen LogP contribution in [0.2, 0.25) is 0 Å². The number of nitrogens with zero attached hydrogens (tertiary/aromatic N) is 1. The summed E-state index contributed by atoms with van der Waals surface area (Å²) in [5.74, 6) is -0.185. The van der Waals surface area contributed by atoms with Crippen LogP contribution in [0.15, 0.2) is 46.2 Å². The molecular formula is C25H32FNO3S2. The maximum atomic E-state index is 13.7. The molecule has 174 valence electrons. The first kappa shape index (κ1) is 24.9. The van der Waals surface area contributed by atoms with E-state index in [1.54, 1.807) is 11.8 Å². The lowest BCUT2D eigenvalue weighted by molar-refractivity contribution is -0.142. The lowest BCUT2D eigenvalue weighted by atomic mass is 9.81. The van der Waals surface area contributed by atoms with E-state index in [2.05, 4.69) is 30.9 Å². The number of fused-ring (bicyclic) bond motifs is 1. The van der Waals surface area contributed by atoms with Gasteiger partial charge in [0, 0.05) is 27.8 Å². The lowest BCUT2D eigenvalue weighted by Crippen LogP contribution is -2.36. The number of hydrogen-bond donors (Lipinski definition) is 1. The van der Waals surface area contributed by atoms with Crippen molar-refractivity contribution in [1.82, 2.24) is 0 Å². The molecule has 1 aliphatic rings. The second kappa shape index (κ2) is 11.4. The Balaban J connectivity index is 2.04. The van der Waals surface area contributed by atoms with Crippen molar-refractivity contribution in [3.8, 4) is 0 Å². The molecule has 1 atom stereocenters. The first-order valence-electron chi connectivity index (χ1n) is 11.1. The summed E-state index contributed by atoms with van der Waals surface area (Å²) in [6.07, 6.45) is 6.61. The standard InChI is InChI=1S/C25H32FNO3S2/c1-4-6-11-25(5-2)16-27(20-9-7-19(26)8-10-20)21-13-22(31-3)18(12-23(21)32-17-25)14-30-15-24(28)29/h7-10,12-13H,4-6,11,14-17H2,1-3H3,(H,28,29). The molecule has 1 unspecified atom stereocenters. The van der Waals surface area contributed by atoms with Gasteiger partial charge in [-0.1, -0.05) is 26.7 Å². The van der Waals surface area contributed by atoms with Crippen molar-refractivity contribution < 1.29 is 19.0 Å². The molecule has 1 aliphatic heterocycles. The van der Waals surface area contributed by atoms with Gasteiger partial charge in [0.15, 0.2) is 0 Å². The maximum Gasteiger partial charge on any atom is 0.329 e. The van der Waals surface area contributed by atoms with E-state index >= 15 is 0 Å². The number of thioether (sulfide) groups is 2. The van der Waals surface area contributed by atoms with Crippen LogP contribution in [-0.2, 0) is 16.1 Å². The number of carboxylic acids is 1. The molecule has 0 amide bonds. The summed E-state index contributed by atoms with van der Waals surface area (Å²) in [4.78, 5) is 15.4. The minimum atomic E-state index is -0.967. The number of hydrogen-bond acceptors (Lipinski definition) is 5. The van der Waals surface area contributed by atoms with Crippen LogP contribution in [0.5, 0.6) is 0 Å². The topological polar surface area (TPSA) is 49.8 Å². The Morgan fingerprint density at radius 2 is 2.03 bits per heavy atom. The van der Waals surface area contributed by atoms with Crippen molar-refractivity contribution in [2.75, 3.05) is 30.1 Å². The molecule has 7 heteroatoms. The molecule has 1 N–H and O–H groups in total. The number of carboxylic acid groups (broad SMARTS) is 1. The summed E-state index contributed by atoms with van der Waals surface area (Å²) < 4.78 is 19.1. The van der Waals surface area contributed by atoms with Crippen molar-refractivity contribution in [1.29, 1.82) is 0 Å². The Morgan fingerprint density at radius 3 is 2.66 bits per heavy atom. The molecule has 0 aliphatic carbocycles. The lowest BCUT2D eigenvalue weighted by Gasteiger charge is -2.37. The van der Waals surface area contributed by atoms with Crippen LogP contribution in [0.4, 0.5) is 15.8 Å². The zero-order valence-electron chi connectivity index (χ0n) is 19.0. The van der Waals surface area contributed by atoms with E-state index < -0.39 is 5.97 Å². The molecule has 2 aromatic carbocycles. The molecule has 0 saturated heterocycles. The molecular weight excluding hydrogens is 445 g/mol. The van der Waals surface area contributed by atoms with Gasteiger partial charge < -0.3 is 14.7 Å². The van der Waals surface area contributed by atoms with Gasteiger partial charge in [0.2, 0.25) is 0 Å². The highest BCUT2D eigenvalue weighted by Gasteiger charge is 2.35. The Bertz CT molecular complexity index is 922. The third-order valence-electron chi connectivity index (χ3n) is 6.11. The highest BCUT2D eigenvalue weighted by atomic mass is 32.2. The molecule has 0 radical (unpaired) electrons. The van der Waals surface area contributed by atoms with Crippen molar-refractivity contribution in [3.63, 3.8) is 0 Å². The second-order valence-electron chi connectivity index (χ2n) is 8.33. The van der Waals surface area contributed by atoms with Gasteiger partial charge in [-0.2, -0.15) is 0 Å². The number of rotatable bonds is 10. The molecule has 0 fully saturated rings. The van der Waals surface area contributed by atoms with E-state index in [1.165, 1.54) is 18.6 Å². The van der Waals surface area contributed by atoms with E-state index in [4.69, 9.17) is 9.84 Å². The van der Waals surface area contributed by atoms with Crippen LogP contribution >= 0.6 is 23.5 Å². The minimum Gasteiger partial charge on any atom is -0.480 e. The van der Waals surface area contributed by atoms with E-state index in [9.17, 15) is 9.18 Å². The number of carbonyl (C=O) groups is 1. The molecule has 0 bridgehead atoms. The fraction of sp³-hybridized carbons (Fsp3) is 0.480. The largest absolute Gasteiger partial charge is 0.480 e. The Kier molecular flexibility index (Phi) is 8.91. The van der Waals surface area contributed by atoms with Crippen molar-refractivity contribution in [2.24, 2.45) is 5.41 Å². The van der Waals surface area contributed by atoms with Crippen LogP contribution in [0.3, 0.4) is 0 Å². The first-order chi connectivity index (χ1) is 15.4. The van der Waals surface area contributed by atoms with Crippen LogP contribution in [0.1, 0.15) is 45.1 Å². The van der Waals surface area contributed by atoms with E-state index in [0.717, 1.165) is 58.3 Å². The van der Waals surface area contributed by atoms with Gasteiger partial charge in [-0.25, -0.2) is 9.18 Å². The molecule has 0 saturated carbocycles. The zero-order chi connectivity index (χ0) is 23.1. The zero-order valence-corrected chi connectivity index (χ0v) is 20.7. The average Bonchev–Trinajstić information content (AvgIpc) is 2.95. The van der Waals surface area contributed by atoms with Crippen molar-refractivity contribution in [2.45, 2.75) is 55.9 Å². The monoisotopic (exact) mass is 477 g/mol. The predicted molar refractivity (Wildman–Crippen MR) is 132 cm³/mol. The number of halogens is 1. The van der Waals surface area contributed by atoms with Crippen LogP contribution in [0.25, 0.3) is 0 Å². The van der Waals surface area contributed by atoms with Gasteiger partial charge in [-0.15, -0.1) is 23.5 Å². The third kappa shape index (κ3) is 6.00. The summed E-state index contributed by atoms with van der Waals surface area (Å²) in [7, 11) is 0. The SMILES string of the molecule is CCCCC1(CC)CSc2cc(COCC(=O)O)c(SC)cc2N(c2ccc(F)cc2)C1. The summed E-state index contributed by atoms with van der Waals surface area (Å²) in [6, 6.07) is 11.1. The van der Waals surface area contributed by atoms with Crippen LogP contribution in [0, 0.1) is 11.2 Å². The Hall–Kier alpha value is -1.70. The Labute approximate surface area is 198 Å². The molecule has 1 heterocycles. The quantitative estimate of drug-likeness (QED) is 0.373. The smallest absolute Gasteiger partial charge is 0.329 e. The fourth-order valence-corrected chi connectivity index (χ4v) is 6.16. The average molecular weight is 478 g/mol. The molecule has 3 rings (SSSR count). The molecule has 4 nitrogen and oxygen atoms in total.